The number of hydrogen-bond acceptors (Lipinski definition) is 3. The van der Waals surface area contributed by atoms with Crippen LogP contribution < -0.4 is 10.6 Å². The van der Waals surface area contributed by atoms with Gasteiger partial charge in [0.05, 0.1) is 12.6 Å². The smallest absolute Gasteiger partial charge is 0.234 e. The summed E-state index contributed by atoms with van der Waals surface area (Å²) in [6.45, 7) is 6.51. The summed E-state index contributed by atoms with van der Waals surface area (Å²) in [5.74, 6) is 1.11. The molecule has 1 heterocycles. The Hall–Kier alpha value is -2.59. The molecule has 0 aliphatic carbocycles. The Morgan fingerprint density at radius 3 is 2.38 bits per heavy atom. The predicted octanol–water partition coefficient (Wildman–Crippen LogP) is 4.60. The van der Waals surface area contributed by atoms with E-state index in [1.165, 1.54) is 5.56 Å². The van der Waals surface area contributed by atoms with E-state index in [0.717, 1.165) is 16.7 Å². The number of benzene rings is 2. The molecule has 2 N–H and O–H groups in total. The molecule has 26 heavy (non-hydrogen) atoms. The molecule has 1 aromatic heterocycles. The summed E-state index contributed by atoms with van der Waals surface area (Å²) in [7, 11) is 0. The molecular weight excluding hydrogens is 324 g/mol. The lowest BCUT2D eigenvalue weighted by Gasteiger charge is -2.23. The van der Waals surface area contributed by atoms with Crippen molar-refractivity contribution in [2.45, 2.75) is 32.9 Å². The third-order valence-electron chi connectivity index (χ3n) is 4.56. The molecule has 3 aromatic rings. The summed E-state index contributed by atoms with van der Waals surface area (Å²) >= 11 is 0. The molecule has 0 saturated carbocycles. The Balaban J connectivity index is 1.59. The second-order valence-corrected chi connectivity index (χ2v) is 6.99. The average Bonchev–Trinajstić information content (AvgIpc) is 3.07. The normalized spacial score (nSPS) is 13.7. The lowest BCUT2D eigenvalue weighted by molar-refractivity contribution is -0.121. The number of amides is 1. The first kappa shape index (κ1) is 18.2. The molecule has 4 nitrogen and oxygen atoms in total. The van der Waals surface area contributed by atoms with Crippen molar-refractivity contribution >= 4 is 16.9 Å². The lowest BCUT2D eigenvalue weighted by Crippen LogP contribution is -2.38. The molecule has 0 radical (unpaired) electrons. The molecule has 1 amide bonds. The number of fused-ring (bicyclic) bond motifs is 1. The topological polar surface area (TPSA) is 54.3 Å². The molecule has 2 aromatic carbocycles. The second-order valence-electron chi connectivity index (χ2n) is 6.99. The Bertz CT molecular complexity index is 822. The van der Waals surface area contributed by atoms with Crippen LogP contribution >= 0.6 is 0 Å². The third-order valence-corrected chi connectivity index (χ3v) is 4.56. The molecule has 2 atom stereocenters. The van der Waals surface area contributed by atoms with E-state index in [1.807, 2.05) is 55.5 Å². The third kappa shape index (κ3) is 4.33. The van der Waals surface area contributed by atoms with Crippen LogP contribution in [0, 0.1) is 5.92 Å². The van der Waals surface area contributed by atoms with Gasteiger partial charge in [0.25, 0.3) is 0 Å². The summed E-state index contributed by atoms with van der Waals surface area (Å²) in [5, 5.41) is 7.43. The first-order valence-electron chi connectivity index (χ1n) is 9.10. The van der Waals surface area contributed by atoms with Crippen LogP contribution in [-0.4, -0.2) is 12.5 Å². The minimum absolute atomic E-state index is 0.0421. The van der Waals surface area contributed by atoms with Gasteiger partial charge in [0.1, 0.15) is 11.3 Å². The van der Waals surface area contributed by atoms with Gasteiger partial charge < -0.3 is 15.1 Å². The van der Waals surface area contributed by atoms with Crippen molar-refractivity contribution in [1.29, 1.82) is 0 Å². The summed E-state index contributed by atoms with van der Waals surface area (Å²) in [5.41, 5.74) is 2.03. The van der Waals surface area contributed by atoms with Gasteiger partial charge in [-0.15, -0.1) is 0 Å². The van der Waals surface area contributed by atoms with Crippen LogP contribution in [0.4, 0.5) is 0 Å². The fourth-order valence-corrected chi connectivity index (χ4v) is 3.18. The fraction of sp³-hybridized carbons (Fsp3) is 0.318. The van der Waals surface area contributed by atoms with E-state index in [4.69, 9.17) is 4.42 Å². The number of hydrogen-bond donors (Lipinski definition) is 2. The Morgan fingerprint density at radius 1 is 1.00 bits per heavy atom. The largest absolute Gasteiger partial charge is 0.459 e. The maximum absolute atomic E-state index is 12.4. The summed E-state index contributed by atoms with van der Waals surface area (Å²) in [6, 6.07) is 20.0. The molecule has 0 bridgehead atoms. The molecule has 0 aliphatic rings. The Kier molecular flexibility index (Phi) is 5.74. The number of rotatable bonds is 7. The molecule has 0 unspecified atom stereocenters. The molecule has 4 heteroatoms. The first-order chi connectivity index (χ1) is 12.5. The van der Waals surface area contributed by atoms with Crippen molar-refractivity contribution in [3.63, 3.8) is 0 Å². The van der Waals surface area contributed by atoms with Gasteiger partial charge in [0.15, 0.2) is 0 Å². The Labute approximate surface area is 154 Å². The van der Waals surface area contributed by atoms with Crippen LogP contribution in [0.5, 0.6) is 0 Å². The summed E-state index contributed by atoms with van der Waals surface area (Å²) in [4.78, 5) is 12.4. The maximum Gasteiger partial charge on any atom is 0.234 e. The van der Waals surface area contributed by atoms with Crippen LogP contribution in [0.2, 0.25) is 0 Å². The fourth-order valence-electron chi connectivity index (χ4n) is 3.18. The molecule has 136 valence electrons. The van der Waals surface area contributed by atoms with Crippen LogP contribution in [-0.2, 0) is 4.79 Å². The van der Waals surface area contributed by atoms with E-state index < -0.39 is 0 Å². The van der Waals surface area contributed by atoms with Crippen molar-refractivity contribution in [3.05, 3.63) is 72.0 Å². The van der Waals surface area contributed by atoms with Crippen LogP contribution in [0.15, 0.2) is 65.1 Å². The van der Waals surface area contributed by atoms with Crippen molar-refractivity contribution in [3.8, 4) is 0 Å². The van der Waals surface area contributed by atoms with Gasteiger partial charge in [-0.25, -0.2) is 0 Å². The molecule has 0 fully saturated rings. The van der Waals surface area contributed by atoms with Gasteiger partial charge in [-0.1, -0.05) is 62.4 Å². The lowest BCUT2D eigenvalue weighted by atomic mass is 9.96. The SMILES string of the molecule is CC(C)[C@@H](NCC(=O)N[C@H](C)c1cc2ccccc2o1)c1ccccc1. The van der Waals surface area contributed by atoms with E-state index >= 15 is 0 Å². The number of carbonyl (C=O) groups is 1. The zero-order chi connectivity index (χ0) is 18.5. The number of nitrogens with one attached hydrogen (secondary N) is 2. The average molecular weight is 350 g/mol. The summed E-state index contributed by atoms with van der Waals surface area (Å²) < 4.78 is 5.83. The number of para-hydroxylation sites is 1. The second kappa shape index (κ2) is 8.19. The van der Waals surface area contributed by atoms with Crippen LogP contribution in [0.1, 0.15) is 44.2 Å². The van der Waals surface area contributed by atoms with E-state index in [1.54, 1.807) is 0 Å². The van der Waals surface area contributed by atoms with Gasteiger partial charge in [-0.3, -0.25) is 4.79 Å². The highest BCUT2D eigenvalue weighted by molar-refractivity contribution is 5.80. The minimum atomic E-state index is -0.175. The van der Waals surface area contributed by atoms with Gasteiger partial charge in [0.2, 0.25) is 5.91 Å². The van der Waals surface area contributed by atoms with E-state index in [-0.39, 0.29) is 24.5 Å². The van der Waals surface area contributed by atoms with E-state index in [9.17, 15) is 4.79 Å². The standard InChI is InChI=1S/C22H26N2O2/c1-15(2)22(17-9-5-4-6-10-17)23-14-21(25)24-16(3)20-13-18-11-7-8-12-19(18)26-20/h4-13,15-16,22-23H,14H2,1-3H3,(H,24,25)/t16-,22-/m1/s1. The van der Waals surface area contributed by atoms with Gasteiger partial charge >= 0.3 is 0 Å². The molecule has 0 spiro atoms. The van der Waals surface area contributed by atoms with Crippen molar-refractivity contribution in [1.82, 2.24) is 10.6 Å². The molecule has 0 aliphatic heterocycles. The summed E-state index contributed by atoms with van der Waals surface area (Å²) in [6.07, 6.45) is 0. The van der Waals surface area contributed by atoms with Crippen molar-refractivity contribution < 1.29 is 9.21 Å². The van der Waals surface area contributed by atoms with Gasteiger partial charge in [-0.05, 0) is 30.5 Å². The van der Waals surface area contributed by atoms with Crippen molar-refractivity contribution in [2.24, 2.45) is 5.92 Å². The number of furan rings is 1. The van der Waals surface area contributed by atoms with Crippen LogP contribution in [0.3, 0.4) is 0 Å². The number of carbonyl (C=O) groups excluding carboxylic acids is 1. The van der Waals surface area contributed by atoms with E-state index in [2.05, 4.69) is 36.6 Å². The molecule has 0 saturated heterocycles. The van der Waals surface area contributed by atoms with E-state index in [0.29, 0.717) is 5.92 Å². The van der Waals surface area contributed by atoms with Crippen LogP contribution in [0.25, 0.3) is 11.0 Å². The van der Waals surface area contributed by atoms with Crippen molar-refractivity contribution in [2.75, 3.05) is 6.54 Å². The Morgan fingerprint density at radius 2 is 1.69 bits per heavy atom. The zero-order valence-electron chi connectivity index (χ0n) is 15.5. The molecular formula is C22H26N2O2. The first-order valence-corrected chi connectivity index (χ1v) is 9.10. The minimum Gasteiger partial charge on any atom is -0.459 e. The highest BCUT2D eigenvalue weighted by atomic mass is 16.3. The monoisotopic (exact) mass is 350 g/mol. The highest BCUT2D eigenvalue weighted by Crippen LogP contribution is 2.24. The predicted molar refractivity (Wildman–Crippen MR) is 105 cm³/mol. The molecule has 3 rings (SSSR count). The van der Waals surface area contributed by atoms with Gasteiger partial charge in [0, 0.05) is 11.4 Å². The van der Waals surface area contributed by atoms with Gasteiger partial charge in [-0.2, -0.15) is 0 Å². The highest BCUT2D eigenvalue weighted by Gasteiger charge is 2.18. The maximum atomic E-state index is 12.4. The zero-order valence-corrected chi connectivity index (χ0v) is 15.5. The quantitative estimate of drug-likeness (QED) is 0.655.